The van der Waals surface area contributed by atoms with E-state index >= 15 is 0 Å². The van der Waals surface area contributed by atoms with E-state index in [0.29, 0.717) is 0 Å². The summed E-state index contributed by atoms with van der Waals surface area (Å²) in [5, 5.41) is 0. The summed E-state index contributed by atoms with van der Waals surface area (Å²) in [6.45, 7) is 8.10. The Morgan fingerprint density at radius 3 is 2.55 bits per heavy atom. The summed E-state index contributed by atoms with van der Waals surface area (Å²) in [5.74, 6) is 0. The second-order valence-electron chi connectivity index (χ2n) is 6.29. The fourth-order valence-corrected chi connectivity index (χ4v) is 3.20. The van der Waals surface area contributed by atoms with Crippen molar-refractivity contribution in [1.82, 2.24) is 0 Å². The van der Waals surface area contributed by atoms with Gasteiger partial charge in [0.25, 0.3) is 10.1 Å². The number of hydrogen-bond donors (Lipinski definition) is 0. The Balaban J connectivity index is 1.86. The fourth-order valence-electron chi connectivity index (χ4n) is 2.29. The molecule has 1 aliphatic heterocycles. The van der Waals surface area contributed by atoms with E-state index < -0.39 is 10.1 Å². The molecule has 0 radical (unpaired) electrons. The van der Waals surface area contributed by atoms with E-state index in [-0.39, 0.29) is 23.2 Å². The number of allylic oxidation sites excluding steroid dienone is 2. The lowest BCUT2D eigenvalue weighted by molar-refractivity contribution is 0.252. The second kappa shape index (κ2) is 6.52. The van der Waals surface area contributed by atoms with Crippen molar-refractivity contribution >= 4 is 10.1 Å². The number of ether oxygens (including phenoxy) is 1. The number of benzene rings is 1. The van der Waals surface area contributed by atoms with Crippen LogP contribution in [0.4, 0.5) is 0 Å². The summed E-state index contributed by atoms with van der Waals surface area (Å²) in [4.78, 5) is 0.185. The summed E-state index contributed by atoms with van der Waals surface area (Å²) in [6, 6.07) is 6.64. The van der Waals surface area contributed by atoms with Crippen molar-refractivity contribution in [2.24, 2.45) is 0 Å². The van der Waals surface area contributed by atoms with Gasteiger partial charge in [-0.1, -0.05) is 29.3 Å². The van der Waals surface area contributed by atoms with Crippen molar-refractivity contribution in [3.05, 3.63) is 41.5 Å². The average molecular weight is 324 g/mol. The van der Waals surface area contributed by atoms with Crippen LogP contribution in [-0.4, -0.2) is 26.7 Å². The molecule has 0 unspecified atom stereocenters. The summed E-state index contributed by atoms with van der Waals surface area (Å²) in [7, 11) is -3.71. The van der Waals surface area contributed by atoms with Crippen LogP contribution in [0.1, 0.15) is 39.2 Å². The van der Waals surface area contributed by atoms with Crippen molar-refractivity contribution in [3.8, 4) is 0 Å². The van der Waals surface area contributed by atoms with Gasteiger partial charge in [0.2, 0.25) is 0 Å². The topological polar surface area (TPSA) is 55.9 Å². The molecule has 1 aliphatic rings. The molecule has 0 aromatic heterocycles. The number of hydrogen-bond acceptors (Lipinski definition) is 4. The van der Waals surface area contributed by atoms with Crippen molar-refractivity contribution in [2.45, 2.75) is 57.1 Å². The zero-order valence-corrected chi connectivity index (χ0v) is 14.4. The van der Waals surface area contributed by atoms with Gasteiger partial charge >= 0.3 is 0 Å². The standard InChI is InChI=1S/C17H24O4S/c1-13(2)6-5-11-17(4)16(21-17)12-20-22(18,19)15-9-7-14(3)8-10-15/h6-10,16H,5,11-12H2,1-4H3/t16-,17+/m0/s1. The maximum atomic E-state index is 12.1. The molecule has 22 heavy (non-hydrogen) atoms. The molecule has 1 aromatic carbocycles. The zero-order valence-electron chi connectivity index (χ0n) is 13.6. The highest BCUT2D eigenvalue weighted by Gasteiger charge is 2.52. The first kappa shape index (κ1) is 17.2. The molecule has 2 atom stereocenters. The quantitative estimate of drug-likeness (QED) is 0.437. The first-order valence-electron chi connectivity index (χ1n) is 7.50. The van der Waals surface area contributed by atoms with Crippen LogP contribution >= 0.6 is 0 Å². The molecule has 5 heteroatoms. The Morgan fingerprint density at radius 2 is 1.95 bits per heavy atom. The molecule has 0 N–H and O–H groups in total. The highest BCUT2D eigenvalue weighted by molar-refractivity contribution is 7.86. The Kier molecular flexibility index (Phi) is 5.10. The summed E-state index contributed by atoms with van der Waals surface area (Å²) in [5.41, 5.74) is 2.02. The number of aryl methyl sites for hydroxylation is 1. The van der Waals surface area contributed by atoms with Gasteiger partial charge < -0.3 is 4.74 Å². The molecule has 1 saturated heterocycles. The van der Waals surface area contributed by atoms with E-state index in [0.717, 1.165) is 18.4 Å². The Morgan fingerprint density at radius 1 is 1.32 bits per heavy atom. The summed E-state index contributed by atoms with van der Waals surface area (Å²) in [6.07, 6.45) is 3.81. The largest absolute Gasteiger partial charge is 0.364 e. The second-order valence-corrected chi connectivity index (χ2v) is 7.91. The predicted octanol–water partition coefficient (Wildman–Crippen LogP) is 3.60. The third kappa shape index (κ3) is 4.41. The summed E-state index contributed by atoms with van der Waals surface area (Å²) >= 11 is 0. The van der Waals surface area contributed by atoms with E-state index in [1.54, 1.807) is 24.3 Å². The summed E-state index contributed by atoms with van der Waals surface area (Å²) < 4.78 is 35.0. The molecule has 1 heterocycles. The maximum absolute atomic E-state index is 12.1. The third-order valence-corrected chi connectivity index (χ3v) is 5.21. The van der Waals surface area contributed by atoms with Crippen molar-refractivity contribution in [2.75, 3.05) is 6.61 Å². The van der Waals surface area contributed by atoms with Crippen LogP contribution in [0.2, 0.25) is 0 Å². The molecular formula is C17H24O4S. The van der Waals surface area contributed by atoms with E-state index in [9.17, 15) is 8.42 Å². The van der Waals surface area contributed by atoms with Crippen LogP contribution in [0.5, 0.6) is 0 Å². The lowest BCUT2D eigenvalue weighted by Crippen LogP contribution is -2.17. The monoisotopic (exact) mass is 324 g/mol. The minimum absolute atomic E-state index is 0.0710. The molecule has 122 valence electrons. The van der Waals surface area contributed by atoms with Crippen LogP contribution < -0.4 is 0 Å². The highest BCUT2D eigenvalue weighted by atomic mass is 32.2. The normalized spacial score (nSPS) is 24.1. The fraction of sp³-hybridized carbons (Fsp3) is 0.529. The molecule has 4 nitrogen and oxygen atoms in total. The molecule has 0 saturated carbocycles. The van der Waals surface area contributed by atoms with Gasteiger partial charge in [-0.25, -0.2) is 0 Å². The minimum atomic E-state index is -3.71. The zero-order chi connectivity index (χ0) is 16.4. The van der Waals surface area contributed by atoms with Gasteiger partial charge in [-0.15, -0.1) is 0 Å². The van der Waals surface area contributed by atoms with Crippen LogP contribution in [0.3, 0.4) is 0 Å². The van der Waals surface area contributed by atoms with Gasteiger partial charge in [-0.3, -0.25) is 4.18 Å². The molecule has 0 spiro atoms. The van der Waals surface area contributed by atoms with E-state index in [4.69, 9.17) is 8.92 Å². The van der Waals surface area contributed by atoms with Gasteiger partial charge in [-0.05, 0) is 52.7 Å². The van der Waals surface area contributed by atoms with Gasteiger partial charge in [0.05, 0.1) is 17.1 Å². The first-order valence-corrected chi connectivity index (χ1v) is 8.91. The molecule has 0 aliphatic carbocycles. The van der Waals surface area contributed by atoms with Gasteiger partial charge in [0, 0.05) is 0 Å². The van der Waals surface area contributed by atoms with E-state index in [1.165, 1.54) is 5.57 Å². The Hall–Kier alpha value is -1.17. The smallest absolute Gasteiger partial charge is 0.297 e. The number of rotatable bonds is 7. The van der Waals surface area contributed by atoms with Crippen molar-refractivity contribution in [1.29, 1.82) is 0 Å². The lowest BCUT2D eigenvalue weighted by atomic mass is 10.0. The minimum Gasteiger partial charge on any atom is -0.364 e. The van der Waals surface area contributed by atoms with E-state index in [2.05, 4.69) is 19.9 Å². The SMILES string of the molecule is CC(C)=CCC[C@@]1(C)O[C@H]1COS(=O)(=O)c1ccc(C)cc1. The lowest BCUT2D eigenvalue weighted by Gasteiger charge is -2.07. The first-order chi connectivity index (χ1) is 10.2. The van der Waals surface area contributed by atoms with Crippen LogP contribution in [0, 0.1) is 6.92 Å². The molecule has 1 fully saturated rings. The molecule has 1 aromatic rings. The van der Waals surface area contributed by atoms with Crippen LogP contribution in [0.25, 0.3) is 0 Å². The molecule has 0 amide bonds. The van der Waals surface area contributed by atoms with Gasteiger partial charge in [0.1, 0.15) is 6.10 Å². The highest BCUT2D eigenvalue weighted by Crippen LogP contribution is 2.41. The number of epoxide rings is 1. The Bertz CT molecular complexity index is 642. The van der Waals surface area contributed by atoms with Gasteiger partial charge in [-0.2, -0.15) is 8.42 Å². The predicted molar refractivity (Wildman–Crippen MR) is 86.3 cm³/mol. The molecule has 0 bridgehead atoms. The van der Waals surface area contributed by atoms with E-state index in [1.807, 2.05) is 13.8 Å². The van der Waals surface area contributed by atoms with Crippen molar-refractivity contribution < 1.29 is 17.3 Å². The average Bonchev–Trinajstić information content (AvgIpc) is 3.07. The molecular weight excluding hydrogens is 300 g/mol. The van der Waals surface area contributed by atoms with Gasteiger partial charge in [0.15, 0.2) is 0 Å². The van der Waals surface area contributed by atoms with Crippen molar-refractivity contribution in [3.63, 3.8) is 0 Å². The maximum Gasteiger partial charge on any atom is 0.297 e. The third-order valence-electron chi connectivity index (χ3n) is 3.91. The molecule has 2 rings (SSSR count). The van der Waals surface area contributed by atoms with Crippen LogP contribution in [0.15, 0.2) is 40.8 Å². The Labute approximate surface area is 133 Å². The van der Waals surface area contributed by atoms with Crippen LogP contribution in [-0.2, 0) is 19.0 Å².